The molecule has 0 unspecified atom stereocenters. The topological polar surface area (TPSA) is 53.7 Å². The molecule has 96 valence electrons. The second-order valence-corrected chi connectivity index (χ2v) is 3.80. The number of anilines is 1. The molecule has 0 fully saturated rings. The molecule has 0 saturated heterocycles. The number of nitrogens with two attached hydrogens (primary N) is 1. The van der Waals surface area contributed by atoms with E-state index in [0.717, 1.165) is 24.3 Å². The minimum atomic E-state index is 0.516. The van der Waals surface area contributed by atoms with E-state index < -0.39 is 0 Å². The minimum Gasteiger partial charge on any atom is -0.489 e. The zero-order chi connectivity index (χ0) is 12.5. The maximum absolute atomic E-state index is 5.82. The SMILES string of the molecule is COCCCOCCOc1c(C)cccc1N. The van der Waals surface area contributed by atoms with Gasteiger partial charge in [-0.1, -0.05) is 12.1 Å². The molecule has 1 aromatic carbocycles. The Morgan fingerprint density at radius 3 is 2.65 bits per heavy atom. The Morgan fingerprint density at radius 1 is 1.12 bits per heavy atom. The van der Waals surface area contributed by atoms with Crippen molar-refractivity contribution in [2.24, 2.45) is 0 Å². The lowest BCUT2D eigenvalue weighted by Crippen LogP contribution is -2.10. The number of rotatable bonds is 8. The van der Waals surface area contributed by atoms with Crippen LogP contribution in [0.1, 0.15) is 12.0 Å². The largest absolute Gasteiger partial charge is 0.489 e. The Bertz CT molecular complexity index is 308. The second kappa shape index (κ2) is 7.92. The summed E-state index contributed by atoms with van der Waals surface area (Å²) in [5.41, 5.74) is 7.54. The Labute approximate surface area is 103 Å². The third-order valence-corrected chi connectivity index (χ3v) is 2.35. The van der Waals surface area contributed by atoms with Gasteiger partial charge >= 0.3 is 0 Å². The molecule has 0 bridgehead atoms. The van der Waals surface area contributed by atoms with Crippen LogP contribution in [0.4, 0.5) is 5.69 Å². The molecule has 1 rings (SSSR count). The smallest absolute Gasteiger partial charge is 0.145 e. The first-order valence-corrected chi connectivity index (χ1v) is 5.80. The van der Waals surface area contributed by atoms with Crippen LogP contribution in [-0.4, -0.2) is 33.5 Å². The van der Waals surface area contributed by atoms with Crippen LogP contribution in [-0.2, 0) is 9.47 Å². The molecule has 0 atom stereocenters. The average molecular weight is 239 g/mol. The quantitative estimate of drug-likeness (QED) is 0.557. The van der Waals surface area contributed by atoms with E-state index in [4.69, 9.17) is 19.9 Å². The van der Waals surface area contributed by atoms with Crippen molar-refractivity contribution in [2.45, 2.75) is 13.3 Å². The van der Waals surface area contributed by atoms with E-state index in [2.05, 4.69) is 0 Å². The van der Waals surface area contributed by atoms with Crippen molar-refractivity contribution >= 4 is 5.69 Å². The summed E-state index contributed by atoms with van der Waals surface area (Å²) in [4.78, 5) is 0. The number of benzene rings is 1. The van der Waals surface area contributed by atoms with E-state index in [0.29, 0.717) is 25.5 Å². The van der Waals surface area contributed by atoms with Crippen molar-refractivity contribution in [3.05, 3.63) is 23.8 Å². The van der Waals surface area contributed by atoms with Crippen LogP contribution in [0, 0.1) is 6.92 Å². The predicted octanol–water partition coefficient (Wildman–Crippen LogP) is 2.01. The van der Waals surface area contributed by atoms with E-state index in [1.165, 1.54) is 0 Å². The minimum absolute atomic E-state index is 0.516. The van der Waals surface area contributed by atoms with E-state index in [1.807, 2.05) is 25.1 Å². The van der Waals surface area contributed by atoms with Crippen LogP contribution < -0.4 is 10.5 Å². The number of para-hydroxylation sites is 1. The lowest BCUT2D eigenvalue weighted by Gasteiger charge is -2.11. The summed E-state index contributed by atoms with van der Waals surface area (Å²) in [5, 5.41) is 0. The summed E-state index contributed by atoms with van der Waals surface area (Å²) in [5.74, 6) is 0.757. The van der Waals surface area contributed by atoms with E-state index in [1.54, 1.807) is 7.11 Å². The molecule has 0 saturated carbocycles. The third-order valence-electron chi connectivity index (χ3n) is 2.35. The molecule has 0 aliphatic rings. The van der Waals surface area contributed by atoms with Crippen molar-refractivity contribution in [1.29, 1.82) is 0 Å². The highest BCUT2D eigenvalue weighted by atomic mass is 16.5. The highest BCUT2D eigenvalue weighted by Crippen LogP contribution is 2.25. The highest BCUT2D eigenvalue weighted by molar-refractivity contribution is 5.56. The van der Waals surface area contributed by atoms with Crippen LogP contribution >= 0.6 is 0 Å². The number of nitrogen functional groups attached to an aromatic ring is 1. The van der Waals surface area contributed by atoms with Crippen LogP contribution in [0.15, 0.2) is 18.2 Å². The molecule has 0 spiro atoms. The molecule has 17 heavy (non-hydrogen) atoms. The number of hydrogen-bond donors (Lipinski definition) is 1. The zero-order valence-electron chi connectivity index (χ0n) is 10.6. The van der Waals surface area contributed by atoms with E-state index in [9.17, 15) is 0 Å². The Morgan fingerprint density at radius 2 is 1.94 bits per heavy atom. The summed E-state index contributed by atoms with van der Waals surface area (Å²) in [6.07, 6.45) is 0.906. The summed E-state index contributed by atoms with van der Waals surface area (Å²) in [6.45, 7) is 4.48. The fourth-order valence-corrected chi connectivity index (χ4v) is 1.48. The van der Waals surface area contributed by atoms with Gasteiger partial charge < -0.3 is 19.9 Å². The summed E-state index contributed by atoms with van der Waals surface area (Å²) in [7, 11) is 1.68. The molecular weight excluding hydrogens is 218 g/mol. The van der Waals surface area contributed by atoms with E-state index >= 15 is 0 Å². The van der Waals surface area contributed by atoms with Crippen LogP contribution in [0.25, 0.3) is 0 Å². The first kappa shape index (κ1) is 13.8. The molecule has 0 aromatic heterocycles. The van der Waals surface area contributed by atoms with Crippen molar-refractivity contribution in [2.75, 3.05) is 39.3 Å². The average Bonchev–Trinajstić information content (AvgIpc) is 2.31. The molecular formula is C13H21NO3. The Kier molecular flexibility index (Phi) is 6.43. The number of aryl methyl sites for hydroxylation is 1. The highest BCUT2D eigenvalue weighted by Gasteiger charge is 2.03. The fraction of sp³-hybridized carbons (Fsp3) is 0.538. The van der Waals surface area contributed by atoms with Crippen molar-refractivity contribution in [1.82, 2.24) is 0 Å². The normalized spacial score (nSPS) is 10.5. The Balaban J connectivity index is 2.18. The van der Waals surface area contributed by atoms with Gasteiger partial charge in [0.15, 0.2) is 0 Å². The first-order valence-electron chi connectivity index (χ1n) is 5.80. The van der Waals surface area contributed by atoms with Crippen LogP contribution in [0.5, 0.6) is 5.75 Å². The van der Waals surface area contributed by atoms with Gasteiger partial charge in [-0.15, -0.1) is 0 Å². The number of methoxy groups -OCH3 is 1. The van der Waals surface area contributed by atoms with Gasteiger partial charge in [0.25, 0.3) is 0 Å². The van der Waals surface area contributed by atoms with Gasteiger partial charge in [0.05, 0.1) is 12.3 Å². The van der Waals surface area contributed by atoms with Crippen LogP contribution in [0.2, 0.25) is 0 Å². The van der Waals surface area contributed by atoms with Gasteiger partial charge in [0, 0.05) is 20.3 Å². The number of ether oxygens (including phenoxy) is 3. The molecule has 4 nitrogen and oxygen atoms in total. The standard InChI is InChI=1S/C13H21NO3/c1-11-5-3-6-12(14)13(11)17-10-9-16-8-4-7-15-2/h3,5-6H,4,7-10,14H2,1-2H3. The monoisotopic (exact) mass is 239 g/mol. The Hall–Kier alpha value is -1.26. The summed E-state index contributed by atoms with van der Waals surface area (Å²) in [6, 6.07) is 5.73. The molecule has 4 heteroatoms. The van der Waals surface area contributed by atoms with Gasteiger partial charge in [-0.05, 0) is 25.0 Å². The van der Waals surface area contributed by atoms with Crippen molar-refractivity contribution in [3.8, 4) is 5.75 Å². The maximum Gasteiger partial charge on any atom is 0.145 e. The van der Waals surface area contributed by atoms with Gasteiger partial charge in [-0.3, -0.25) is 0 Å². The molecule has 0 aliphatic heterocycles. The molecule has 1 aromatic rings. The van der Waals surface area contributed by atoms with E-state index in [-0.39, 0.29) is 0 Å². The molecule has 0 radical (unpaired) electrons. The van der Waals surface area contributed by atoms with Crippen molar-refractivity contribution < 1.29 is 14.2 Å². The van der Waals surface area contributed by atoms with Crippen molar-refractivity contribution in [3.63, 3.8) is 0 Å². The van der Waals surface area contributed by atoms with Crippen LogP contribution in [0.3, 0.4) is 0 Å². The molecule has 0 aliphatic carbocycles. The van der Waals surface area contributed by atoms with Gasteiger partial charge in [-0.2, -0.15) is 0 Å². The summed E-state index contributed by atoms with van der Waals surface area (Å²) < 4.78 is 15.9. The molecule has 0 amide bonds. The third kappa shape index (κ3) is 5.06. The second-order valence-electron chi connectivity index (χ2n) is 3.80. The van der Waals surface area contributed by atoms with Gasteiger partial charge in [-0.25, -0.2) is 0 Å². The predicted molar refractivity (Wildman–Crippen MR) is 68.4 cm³/mol. The number of hydrogen-bond acceptors (Lipinski definition) is 4. The zero-order valence-corrected chi connectivity index (χ0v) is 10.6. The molecule has 0 heterocycles. The van der Waals surface area contributed by atoms with Gasteiger partial charge in [0.2, 0.25) is 0 Å². The lowest BCUT2D eigenvalue weighted by atomic mass is 10.2. The maximum atomic E-state index is 5.82. The lowest BCUT2D eigenvalue weighted by molar-refractivity contribution is 0.0807. The first-order chi connectivity index (χ1) is 8.25. The fourth-order valence-electron chi connectivity index (χ4n) is 1.48. The summed E-state index contributed by atoms with van der Waals surface area (Å²) >= 11 is 0. The molecule has 2 N–H and O–H groups in total. The van der Waals surface area contributed by atoms with Gasteiger partial charge in [0.1, 0.15) is 12.4 Å².